The van der Waals surface area contributed by atoms with Gasteiger partial charge in [0.2, 0.25) is 5.91 Å². The van der Waals surface area contributed by atoms with Crippen LogP contribution in [0.15, 0.2) is 12.7 Å². The summed E-state index contributed by atoms with van der Waals surface area (Å²) in [6, 6.07) is 0. The molecular formula is C11H21N5O. The fourth-order valence-electron chi connectivity index (χ4n) is 1.54. The average molecular weight is 239 g/mol. The van der Waals surface area contributed by atoms with Gasteiger partial charge in [0.05, 0.1) is 6.54 Å². The Labute approximate surface area is 102 Å². The van der Waals surface area contributed by atoms with Crippen molar-refractivity contribution in [2.45, 2.75) is 26.8 Å². The number of hydrogen-bond acceptors (Lipinski definition) is 4. The van der Waals surface area contributed by atoms with Crippen LogP contribution in [0.4, 0.5) is 0 Å². The van der Waals surface area contributed by atoms with Gasteiger partial charge in [0.1, 0.15) is 12.7 Å². The lowest BCUT2D eigenvalue weighted by Crippen LogP contribution is -2.40. The fourth-order valence-corrected chi connectivity index (χ4v) is 1.54. The molecule has 0 saturated heterocycles. The van der Waals surface area contributed by atoms with E-state index in [0.29, 0.717) is 26.1 Å². The molecule has 0 fully saturated rings. The summed E-state index contributed by atoms with van der Waals surface area (Å²) in [6.45, 7) is 5.89. The molecule has 1 rings (SSSR count). The summed E-state index contributed by atoms with van der Waals surface area (Å²) in [7, 11) is 1.81. The Morgan fingerprint density at radius 1 is 1.53 bits per heavy atom. The second-order valence-corrected chi connectivity index (χ2v) is 5.03. The molecule has 0 aromatic carbocycles. The van der Waals surface area contributed by atoms with Gasteiger partial charge in [-0.3, -0.25) is 9.48 Å². The van der Waals surface area contributed by atoms with Crippen molar-refractivity contribution in [2.24, 2.45) is 11.1 Å². The van der Waals surface area contributed by atoms with Gasteiger partial charge in [0, 0.05) is 20.0 Å². The highest BCUT2D eigenvalue weighted by Gasteiger charge is 2.20. The number of hydrogen-bond donors (Lipinski definition) is 1. The number of rotatable bonds is 6. The van der Waals surface area contributed by atoms with E-state index in [1.807, 2.05) is 13.8 Å². The molecule has 0 aliphatic rings. The summed E-state index contributed by atoms with van der Waals surface area (Å²) in [5.41, 5.74) is 5.60. The maximum atomic E-state index is 11.9. The van der Waals surface area contributed by atoms with E-state index in [1.165, 1.54) is 6.33 Å². The van der Waals surface area contributed by atoms with Gasteiger partial charge >= 0.3 is 0 Å². The zero-order valence-corrected chi connectivity index (χ0v) is 10.8. The third-order valence-electron chi connectivity index (χ3n) is 2.66. The van der Waals surface area contributed by atoms with Crippen molar-refractivity contribution in [3.8, 4) is 0 Å². The summed E-state index contributed by atoms with van der Waals surface area (Å²) >= 11 is 0. The van der Waals surface area contributed by atoms with Crippen molar-refractivity contribution in [1.29, 1.82) is 0 Å². The van der Waals surface area contributed by atoms with Gasteiger partial charge in [0.25, 0.3) is 0 Å². The first-order chi connectivity index (χ1) is 7.94. The van der Waals surface area contributed by atoms with Crippen molar-refractivity contribution in [2.75, 3.05) is 20.1 Å². The van der Waals surface area contributed by atoms with E-state index in [2.05, 4.69) is 10.1 Å². The Kier molecular flexibility index (Phi) is 4.62. The Bertz CT molecular complexity index is 347. The quantitative estimate of drug-likeness (QED) is 0.764. The minimum Gasteiger partial charge on any atom is -0.345 e. The van der Waals surface area contributed by atoms with E-state index in [0.717, 1.165) is 0 Å². The molecule has 17 heavy (non-hydrogen) atoms. The second kappa shape index (κ2) is 5.77. The van der Waals surface area contributed by atoms with E-state index in [9.17, 15) is 4.79 Å². The molecule has 96 valence electrons. The van der Waals surface area contributed by atoms with Crippen LogP contribution < -0.4 is 5.73 Å². The molecule has 0 spiro atoms. The number of carbonyl (C=O) groups excluding carboxylic acids is 1. The molecule has 0 aliphatic heterocycles. The molecule has 0 radical (unpaired) electrons. The Hall–Kier alpha value is -1.43. The van der Waals surface area contributed by atoms with Crippen LogP contribution in [0.25, 0.3) is 0 Å². The largest absolute Gasteiger partial charge is 0.345 e. The highest BCUT2D eigenvalue weighted by atomic mass is 16.2. The predicted octanol–water partition coefficient (Wildman–Crippen LogP) is 0.112. The smallest absolute Gasteiger partial charge is 0.224 e. The number of amides is 1. The monoisotopic (exact) mass is 239 g/mol. The summed E-state index contributed by atoms with van der Waals surface area (Å²) in [4.78, 5) is 17.4. The number of nitrogens with zero attached hydrogens (tertiary/aromatic N) is 4. The zero-order chi connectivity index (χ0) is 12.9. The zero-order valence-electron chi connectivity index (χ0n) is 10.8. The third-order valence-corrected chi connectivity index (χ3v) is 2.66. The molecule has 1 amide bonds. The van der Waals surface area contributed by atoms with Gasteiger partial charge in [-0.25, -0.2) is 4.98 Å². The van der Waals surface area contributed by atoms with E-state index < -0.39 is 0 Å². The Morgan fingerprint density at radius 2 is 2.24 bits per heavy atom. The molecule has 0 atom stereocenters. The highest BCUT2D eigenvalue weighted by Crippen LogP contribution is 2.14. The lowest BCUT2D eigenvalue weighted by Gasteiger charge is -2.29. The molecule has 0 unspecified atom stereocenters. The van der Waals surface area contributed by atoms with Gasteiger partial charge in [0.15, 0.2) is 0 Å². The highest BCUT2D eigenvalue weighted by molar-refractivity contribution is 5.75. The van der Waals surface area contributed by atoms with E-state index >= 15 is 0 Å². The summed E-state index contributed by atoms with van der Waals surface area (Å²) in [5, 5.41) is 3.95. The molecule has 6 heteroatoms. The Morgan fingerprint density at radius 3 is 2.76 bits per heavy atom. The van der Waals surface area contributed by atoms with Crippen molar-refractivity contribution >= 4 is 5.91 Å². The lowest BCUT2D eigenvalue weighted by atomic mass is 9.93. The van der Waals surface area contributed by atoms with Crippen molar-refractivity contribution in [3.63, 3.8) is 0 Å². The lowest BCUT2D eigenvalue weighted by molar-refractivity contribution is -0.131. The topological polar surface area (TPSA) is 77.0 Å². The molecule has 1 aromatic heterocycles. The van der Waals surface area contributed by atoms with Gasteiger partial charge in [-0.05, 0) is 12.0 Å². The molecule has 1 heterocycles. The van der Waals surface area contributed by atoms with Crippen LogP contribution in [0.2, 0.25) is 0 Å². The first-order valence-corrected chi connectivity index (χ1v) is 5.71. The normalized spacial score (nSPS) is 11.5. The van der Waals surface area contributed by atoms with Crippen LogP contribution in [0, 0.1) is 5.41 Å². The van der Waals surface area contributed by atoms with Crippen LogP contribution in [0.5, 0.6) is 0 Å². The maximum Gasteiger partial charge on any atom is 0.224 e. The molecule has 1 aromatic rings. The van der Waals surface area contributed by atoms with Gasteiger partial charge in [-0.1, -0.05) is 13.8 Å². The molecule has 0 aliphatic carbocycles. The Balaban J connectivity index is 2.37. The fraction of sp³-hybridized carbons (Fsp3) is 0.727. The molecule has 6 nitrogen and oxygen atoms in total. The minimum absolute atomic E-state index is 0.0440. The van der Waals surface area contributed by atoms with Crippen LogP contribution in [0.1, 0.15) is 20.3 Å². The number of carbonyl (C=O) groups is 1. The number of aryl methyl sites for hydroxylation is 1. The maximum absolute atomic E-state index is 11.9. The van der Waals surface area contributed by atoms with E-state index in [-0.39, 0.29) is 11.3 Å². The van der Waals surface area contributed by atoms with Gasteiger partial charge < -0.3 is 10.6 Å². The molecule has 2 N–H and O–H groups in total. The van der Waals surface area contributed by atoms with Gasteiger partial charge in [-0.15, -0.1) is 0 Å². The summed E-state index contributed by atoms with van der Waals surface area (Å²) < 4.78 is 1.65. The first kappa shape index (κ1) is 13.6. The second-order valence-electron chi connectivity index (χ2n) is 5.03. The SMILES string of the molecule is CN(CC(C)(C)CN)C(=O)CCn1cncn1. The van der Waals surface area contributed by atoms with Crippen molar-refractivity contribution in [3.05, 3.63) is 12.7 Å². The van der Waals surface area contributed by atoms with Crippen LogP contribution in [0.3, 0.4) is 0 Å². The number of aromatic nitrogens is 3. The molecule has 0 saturated carbocycles. The summed E-state index contributed by atoms with van der Waals surface area (Å²) in [6.07, 6.45) is 3.50. The standard InChI is InChI=1S/C11H21N5O/c1-11(2,6-12)7-15(3)10(17)4-5-16-9-13-8-14-16/h8-9H,4-7,12H2,1-3H3. The summed E-state index contributed by atoms with van der Waals surface area (Å²) in [5.74, 6) is 0.0991. The molecule has 0 bridgehead atoms. The first-order valence-electron chi connectivity index (χ1n) is 5.71. The van der Waals surface area contributed by atoms with E-state index in [1.54, 1.807) is 23.0 Å². The van der Waals surface area contributed by atoms with Crippen LogP contribution in [-0.4, -0.2) is 45.7 Å². The predicted molar refractivity (Wildman–Crippen MR) is 65.1 cm³/mol. The van der Waals surface area contributed by atoms with Crippen LogP contribution >= 0.6 is 0 Å². The third kappa shape index (κ3) is 4.52. The van der Waals surface area contributed by atoms with Crippen LogP contribution in [-0.2, 0) is 11.3 Å². The number of nitrogens with two attached hydrogens (primary N) is 1. The minimum atomic E-state index is -0.0440. The van der Waals surface area contributed by atoms with Crippen molar-refractivity contribution < 1.29 is 4.79 Å². The average Bonchev–Trinajstić information content (AvgIpc) is 2.78. The van der Waals surface area contributed by atoms with Gasteiger partial charge in [-0.2, -0.15) is 5.10 Å². The molecular weight excluding hydrogens is 218 g/mol. The van der Waals surface area contributed by atoms with Crippen molar-refractivity contribution in [1.82, 2.24) is 19.7 Å². The van der Waals surface area contributed by atoms with E-state index in [4.69, 9.17) is 5.73 Å².